The van der Waals surface area contributed by atoms with Gasteiger partial charge in [0.25, 0.3) is 0 Å². The molecule has 32 heavy (non-hydrogen) atoms. The van der Waals surface area contributed by atoms with Crippen LogP contribution in [-0.2, 0) is 20.4 Å². The van der Waals surface area contributed by atoms with Crippen LogP contribution in [0.5, 0.6) is 17.2 Å². The number of hydrogen-bond donors (Lipinski definition) is 1. The van der Waals surface area contributed by atoms with Crippen molar-refractivity contribution in [3.8, 4) is 28.6 Å². The smallest absolute Gasteiger partial charge is 0.242 e. The second-order valence-electron chi connectivity index (χ2n) is 7.01. The van der Waals surface area contributed by atoms with E-state index in [1.165, 1.54) is 14.0 Å². The summed E-state index contributed by atoms with van der Waals surface area (Å²) < 4.78 is 46.8. The number of fused-ring (bicyclic) bond motifs is 1. The molecule has 3 aromatic rings. The number of para-hydroxylation sites is 1. The van der Waals surface area contributed by atoms with Gasteiger partial charge in [0, 0.05) is 11.8 Å². The lowest BCUT2D eigenvalue weighted by Crippen LogP contribution is -2.33. The van der Waals surface area contributed by atoms with Gasteiger partial charge in [0.2, 0.25) is 17.6 Å². The number of nitrogens with zero attached hydrogens (tertiary/aromatic N) is 2. The van der Waals surface area contributed by atoms with Crippen molar-refractivity contribution in [3.05, 3.63) is 48.4 Å². The van der Waals surface area contributed by atoms with Gasteiger partial charge in [-0.05, 0) is 31.2 Å². The largest absolute Gasteiger partial charge is 0.496 e. The Bertz CT molecular complexity index is 1240. The van der Waals surface area contributed by atoms with E-state index in [4.69, 9.17) is 18.7 Å². The Morgan fingerprint density at radius 2 is 1.91 bits per heavy atom. The fourth-order valence-electron chi connectivity index (χ4n) is 3.08. The number of nitrogens with one attached hydrogen (secondary N) is 1. The summed E-state index contributed by atoms with van der Waals surface area (Å²) in [5.74, 6) is 0.383. The van der Waals surface area contributed by atoms with Crippen molar-refractivity contribution in [3.63, 3.8) is 0 Å². The van der Waals surface area contributed by atoms with Crippen LogP contribution in [0.25, 0.3) is 11.4 Å². The molecule has 10 nitrogen and oxygen atoms in total. The number of hydrogen-bond acceptors (Lipinski definition) is 9. The average molecular weight is 459 g/mol. The third-order valence-corrected chi connectivity index (χ3v) is 6.80. The molecule has 0 fully saturated rings. The quantitative estimate of drug-likeness (QED) is 0.566. The van der Waals surface area contributed by atoms with E-state index < -0.39 is 26.7 Å². The summed E-state index contributed by atoms with van der Waals surface area (Å²) in [4.78, 5) is 16.7. The van der Waals surface area contributed by atoms with E-state index >= 15 is 0 Å². The molecule has 11 heteroatoms. The molecule has 1 aromatic heterocycles. The Hall–Kier alpha value is -3.60. The Balaban J connectivity index is 1.45. The molecule has 0 saturated carbocycles. The average Bonchev–Trinajstić information content (AvgIpc) is 3.25. The molecule has 2 aromatic carbocycles. The van der Waals surface area contributed by atoms with E-state index in [9.17, 15) is 13.2 Å². The lowest BCUT2D eigenvalue weighted by molar-refractivity contribution is -0.115. The van der Waals surface area contributed by atoms with Crippen molar-refractivity contribution in [2.24, 2.45) is 0 Å². The lowest BCUT2D eigenvalue weighted by atomic mass is 10.2. The van der Waals surface area contributed by atoms with Crippen molar-refractivity contribution in [1.82, 2.24) is 10.1 Å². The topological polar surface area (TPSA) is 130 Å². The van der Waals surface area contributed by atoms with Crippen LogP contribution in [0, 0.1) is 0 Å². The molecule has 1 atom stereocenters. The monoisotopic (exact) mass is 459 g/mol. The normalized spacial score (nSPS) is 13.9. The van der Waals surface area contributed by atoms with Crippen molar-refractivity contribution >= 4 is 21.4 Å². The number of carbonyl (C=O) groups excluding carboxylic acids is 1. The minimum atomic E-state index is -3.93. The summed E-state index contributed by atoms with van der Waals surface area (Å²) in [5, 5.41) is 5.08. The highest BCUT2D eigenvalue weighted by Crippen LogP contribution is 2.33. The van der Waals surface area contributed by atoms with E-state index in [0.717, 1.165) is 0 Å². The maximum absolute atomic E-state index is 12.8. The Kier molecular flexibility index (Phi) is 5.99. The molecule has 1 aliphatic heterocycles. The molecule has 4 rings (SSSR count). The number of anilines is 1. The van der Waals surface area contributed by atoms with Gasteiger partial charge in [0.15, 0.2) is 21.3 Å². The molecule has 1 amide bonds. The fourth-order valence-corrected chi connectivity index (χ4v) is 4.17. The van der Waals surface area contributed by atoms with Gasteiger partial charge in [-0.1, -0.05) is 17.3 Å². The summed E-state index contributed by atoms with van der Waals surface area (Å²) in [5.41, 5.74) is 0.962. The highest BCUT2D eigenvalue weighted by molar-refractivity contribution is 7.92. The molecule has 0 saturated heterocycles. The molecular formula is C21H21N3O7S. The van der Waals surface area contributed by atoms with Crippen LogP contribution in [0.15, 0.2) is 47.0 Å². The molecule has 168 valence electrons. The first-order valence-corrected chi connectivity index (χ1v) is 11.5. The summed E-state index contributed by atoms with van der Waals surface area (Å²) in [6.07, 6.45) is 0. The van der Waals surface area contributed by atoms with Gasteiger partial charge in [0.05, 0.1) is 12.7 Å². The van der Waals surface area contributed by atoms with Crippen LogP contribution in [0.3, 0.4) is 0 Å². The van der Waals surface area contributed by atoms with Gasteiger partial charge >= 0.3 is 0 Å². The summed E-state index contributed by atoms with van der Waals surface area (Å²) >= 11 is 0. The zero-order valence-electron chi connectivity index (χ0n) is 17.4. The van der Waals surface area contributed by atoms with Crippen LogP contribution >= 0.6 is 0 Å². The molecule has 1 aliphatic rings. The minimum Gasteiger partial charge on any atom is -0.496 e. The zero-order valence-corrected chi connectivity index (χ0v) is 18.2. The number of amides is 1. The molecule has 1 unspecified atom stereocenters. The Morgan fingerprint density at radius 1 is 1.16 bits per heavy atom. The number of aromatic nitrogens is 2. The lowest BCUT2D eigenvalue weighted by Gasteiger charge is -2.19. The first kappa shape index (κ1) is 21.6. The second-order valence-corrected chi connectivity index (χ2v) is 9.33. The first-order valence-electron chi connectivity index (χ1n) is 9.75. The van der Waals surface area contributed by atoms with Gasteiger partial charge in [-0.2, -0.15) is 4.98 Å². The van der Waals surface area contributed by atoms with Crippen LogP contribution < -0.4 is 19.5 Å². The number of methoxy groups -OCH3 is 1. The number of rotatable bonds is 7. The third kappa shape index (κ3) is 4.52. The minimum absolute atomic E-state index is 0.120. The number of benzene rings is 2. The first-order chi connectivity index (χ1) is 15.4. The van der Waals surface area contributed by atoms with Crippen molar-refractivity contribution in [2.45, 2.75) is 17.9 Å². The summed E-state index contributed by atoms with van der Waals surface area (Å²) in [6.45, 7) is 2.15. The van der Waals surface area contributed by atoms with Crippen molar-refractivity contribution in [2.75, 3.05) is 25.6 Å². The van der Waals surface area contributed by atoms with E-state index in [0.29, 0.717) is 41.7 Å². The van der Waals surface area contributed by atoms with E-state index in [1.807, 2.05) is 0 Å². The number of carbonyl (C=O) groups is 1. The van der Waals surface area contributed by atoms with Crippen LogP contribution in [0.1, 0.15) is 12.8 Å². The maximum atomic E-state index is 12.8. The standard InChI is InChI=1S/C21H21N3O7S/c1-13(21(25)22-14-7-8-17-18(11-14)30-10-9-29-17)32(26,27)12-19-23-20(24-31-19)15-5-3-4-6-16(15)28-2/h3-8,11,13H,9-10,12H2,1-2H3,(H,22,25). The zero-order chi connectivity index (χ0) is 22.7. The SMILES string of the molecule is COc1ccccc1-c1noc(CS(=O)(=O)C(C)C(=O)Nc2ccc3c(c2)OCCO3)n1. The van der Waals surface area contributed by atoms with Crippen LogP contribution in [-0.4, -0.2) is 50.0 Å². The van der Waals surface area contributed by atoms with Gasteiger partial charge in [-0.15, -0.1) is 0 Å². The van der Waals surface area contributed by atoms with Crippen molar-refractivity contribution in [1.29, 1.82) is 0 Å². The van der Waals surface area contributed by atoms with Gasteiger partial charge in [-0.25, -0.2) is 8.42 Å². The maximum Gasteiger partial charge on any atom is 0.242 e. The predicted molar refractivity (Wildman–Crippen MR) is 114 cm³/mol. The summed E-state index contributed by atoms with van der Waals surface area (Å²) in [6, 6.07) is 11.9. The molecule has 1 N–H and O–H groups in total. The third-order valence-electron chi connectivity index (χ3n) is 4.86. The molecule has 0 radical (unpaired) electrons. The highest BCUT2D eigenvalue weighted by Gasteiger charge is 2.31. The van der Waals surface area contributed by atoms with E-state index in [2.05, 4.69) is 15.5 Å². The molecule has 0 bridgehead atoms. The van der Waals surface area contributed by atoms with Crippen LogP contribution in [0.2, 0.25) is 0 Å². The predicted octanol–water partition coefficient (Wildman–Crippen LogP) is 2.46. The highest BCUT2D eigenvalue weighted by atomic mass is 32.2. The van der Waals surface area contributed by atoms with Gasteiger partial charge in [0.1, 0.15) is 30.0 Å². The fraction of sp³-hybridized carbons (Fsp3) is 0.286. The summed E-state index contributed by atoms with van der Waals surface area (Å²) in [7, 11) is -2.42. The molecular weight excluding hydrogens is 438 g/mol. The van der Waals surface area contributed by atoms with E-state index in [-0.39, 0.29) is 11.7 Å². The molecule has 0 aliphatic carbocycles. The van der Waals surface area contributed by atoms with Gasteiger partial charge < -0.3 is 24.1 Å². The second kappa shape index (κ2) is 8.87. The van der Waals surface area contributed by atoms with Gasteiger partial charge in [-0.3, -0.25) is 4.79 Å². The number of ether oxygens (including phenoxy) is 3. The Labute approximate surface area is 184 Å². The van der Waals surface area contributed by atoms with Crippen molar-refractivity contribution < 1.29 is 31.9 Å². The molecule has 2 heterocycles. The number of sulfone groups is 1. The molecule has 0 spiro atoms. The van der Waals surface area contributed by atoms with Crippen LogP contribution in [0.4, 0.5) is 5.69 Å². The van der Waals surface area contributed by atoms with E-state index in [1.54, 1.807) is 42.5 Å². The Morgan fingerprint density at radius 3 is 2.69 bits per heavy atom.